The lowest BCUT2D eigenvalue weighted by Crippen LogP contribution is -2.56. The van der Waals surface area contributed by atoms with Gasteiger partial charge in [0, 0.05) is 43.7 Å². The molecule has 0 radical (unpaired) electrons. The Balaban J connectivity index is 1.93. The molecule has 4 atom stereocenters. The maximum absolute atomic E-state index is 13.7. The minimum atomic E-state index is -1.15. The summed E-state index contributed by atoms with van der Waals surface area (Å²) in [7, 11) is 1.46. The Morgan fingerprint density at radius 2 is 2.02 bits per heavy atom. The number of nitrogens with zero attached hydrogens (tertiary/aromatic N) is 1. The fourth-order valence-corrected chi connectivity index (χ4v) is 6.04. The summed E-state index contributed by atoms with van der Waals surface area (Å²) in [6.07, 6.45) is 7.22. The third kappa shape index (κ3) is 9.39. The van der Waals surface area contributed by atoms with Gasteiger partial charge in [0.1, 0.15) is 18.5 Å². The van der Waals surface area contributed by atoms with Crippen LogP contribution in [-0.2, 0) is 14.3 Å². The molecule has 0 unspecified atom stereocenters. The molecule has 1 fully saturated rings. The number of halogens is 1. The van der Waals surface area contributed by atoms with E-state index in [4.69, 9.17) is 14.2 Å². The first kappa shape index (κ1) is 33.3. The van der Waals surface area contributed by atoms with Gasteiger partial charge in [0.15, 0.2) is 11.5 Å². The SMILES string of the molecule is CCCCCCCC(=O)N(C[C@H]1CCCO1)[C@@H]1CC(C(=O)NCCO)=C[C@H](Oc2c(I)cc(C=O)cc2OC)[C@H]1O. The number of nitrogens with one attached hydrogen (secondary N) is 1. The van der Waals surface area contributed by atoms with Gasteiger partial charge in [-0.1, -0.05) is 32.6 Å². The summed E-state index contributed by atoms with van der Waals surface area (Å²) in [4.78, 5) is 39.8. The molecule has 1 aromatic rings. The van der Waals surface area contributed by atoms with E-state index in [9.17, 15) is 24.6 Å². The highest BCUT2D eigenvalue weighted by molar-refractivity contribution is 14.1. The van der Waals surface area contributed by atoms with E-state index in [-0.39, 0.29) is 31.6 Å². The van der Waals surface area contributed by atoms with Crippen LogP contribution in [-0.4, -0.2) is 91.0 Å². The van der Waals surface area contributed by atoms with E-state index in [1.54, 1.807) is 23.1 Å². The number of amides is 2. The average molecular weight is 687 g/mol. The lowest BCUT2D eigenvalue weighted by molar-refractivity contribution is -0.141. The van der Waals surface area contributed by atoms with Crippen molar-refractivity contribution in [3.63, 3.8) is 0 Å². The summed E-state index contributed by atoms with van der Waals surface area (Å²) in [6.45, 7) is 2.96. The number of benzene rings is 1. The molecule has 0 saturated carbocycles. The Labute approximate surface area is 255 Å². The van der Waals surface area contributed by atoms with Gasteiger partial charge in [-0.15, -0.1) is 0 Å². The van der Waals surface area contributed by atoms with Gasteiger partial charge in [0.25, 0.3) is 0 Å². The standard InChI is InChI=1S/C30H43IN2O8/c1-3-4-5-6-7-10-27(36)33(18-22-9-8-13-40-22)24-16-21(30(38)32-11-12-34)17-25(28(24)37)41-29-23(31)14-20(19-35)15-26(29)39-2/h14-15,17,19,22,24-25,28,34,37H,3-13,16,18H2,1-2H3,(H,32,38)/t22-,24-,25+,28+/m1/s1. The normalized spacial score (nSPS) is 22.1. The van der Waals surface area contributed by atoms with Crippen LogP contribution in [0.3, 0.4) is 0 Å². The van der Waals surface area contributed by atoms with Gasteiger partial charge in [-0.3, -0.25) is 14.4 Å². The number of hydrogen-bond donors (Lipinski definition) is 3. The highest BCUT2D eigenvalue weighted by Gasteiger charge is 2.41. The van der Waals surface area contributed by atoms with Gasteiger partial charge in [-0.05, 0) is 60.1 Å². The lowest BCUT2D eigenvalue weighted by atomic mass is 9.87. The van der Waals surface area contributed by atoms with E-state index in [0.29, 0.717) is 52.1 Å². The highest BCUT2D eigenvalue weighted by atomic mass is 127. The number of aliphatic hydroxyl groups is 2. The average Bonchev–Trinajstić information content (AvgIpc) is 3.49. The molecule has 41 heavy (non-hydrogen) atoms. The van der Waals surface area contributed by atoms with Crippen LogP contribution >= 0.6 is 22.6 Å². The smallest absolute Gasteiger partial charge is 0.247 e. The van der Waals surface area contributed by atoms with Gasteiger partial charge in [0.05, 0.1) is 29.4 Å². The minimum absolute atomic E-state index is 0.0735. The van der Waals surface area contributed by atoms with Crippen molar-refractivity contribution < 1.29 is 38.8 Å². The van der Waals surface area contributed by atoms with Gasteiger partial charge in [-0.25, -0.2) is 0 Å². The third-order valence-electron chi connectivity index (χ3n) is 7.50. The number of ether oxygens (including phenoxy) is 3. The van der Waals surface area contributed by atoms with Crippen LogP contribution in [0.15, 0.2) is 23.8 Å². The second-order valence-electron chi connectivity index (χ2n) is 10.5. The van der Waals surface area contributed by atoms with E-state index < -0.39 is 24.2 Å². The molecule has 1 saturated heterocycles. The second-order valence-corrected chi connectivity index (χ2v) is 11.7. The first-order valence-corrected chi connectivity index (χ1v) is 15.6. The second kappa shape index (κ2) is 17.0. The van der Waals surface area contributed by atoms with Crippen molar-refractivity contribution in [2.75, 3.05) is 33.4 Å². The molecule has 228 valence electrons. The molecule has 3 rings (SSSR count). The molecule has 0 bridgehead atoms. The van der Waals surface area contributed by atoms with E-state index >= 15 is 0 Å². The highest BCUT2D eigenvalue weighted by Crippen LogP contribution is 2.37. The molecule has 0 spiro atoms. The summed E-state index contributed by atoms with van der Waals surface area (Å²) >= 11 is 2.03. The molecule has 10 nitrogen and oxygen atoms in total. The fraction of sp³-hybridized carbons (Fsp3) is 0.633. The zero-order valence-electron chi connectivity index (χ0n) is 24.0. The van der Waals surface area contributed by atoms with Crippen molar-refractivity contribution in [3.8, 4) is 11.5 Å². The van der Waals surface area contributed by atoms with E-state index in [0.717, 1.165) is 44.9 Å². The molecule has 11 heteroatoms. The van der Waals surface area contributed by atoms with Crippen LogP contribution in [0.5, 0.6) is 11.5 Å². The Hall–Kier alpha value is -2.22. The van der Waals surface area contributed by atoms with E-state index in [1.165, 1.54) is 7.11 Å². The third-order valence-corrected chi connectivity index (χ3v) is 8.30. The van der Waals surface area contributed by atoms with Crippen LogP contribution in [0.1, 0.15) is 75.1 Å². The van der Waals surface area contributed by atoms with Crippen molar-refractivity contribution in [3.05, 3.63) is 32.9 Å². The quantitative estimate of drug-likeness (QED) is 0.137. The molecule has 1 heterocycles. The lowest BCUT2D eigenvalue weighted by Gasteiger charge is -2.41. The zero-order chi connectivity index (χ0) is 29.8. The predicted octanol–water partition coefficient (Wildman–Crippen LogP) is 3.40. The number of methoxy groups -OCH3 is 1. The van der Waals surface area contributed by atoms with Crippen molar-refractivity contribution in [2.45, 2.75) is 89.1 Å². The van der Waals surface area contributed by atoms with Crippen molar-refractivity contribution in [2.24, 2.45) is 0 Å². The van der Waals surface area contributed by atoms with Crippen molar-refractivity contribution in [1.29, 1.82) is 0 Å². The monoisotopic (exact) mass is 686 g/mol. The van der Waals surface area contributed by atoms with Crippen molar-refractivity contribution >= 4 is 40.7 Å². The number of rotatable bonds is 16. The molecular formula is C30H43IN2O8. The molecule has 1 aromatic carbocycles. The van der Waals surface area contributed by atoms with E-state index in [1.807, 2.05) is 22.6 Å². The summed E-state index contributed by atoms with van der Waals surface area (Å²) in [5.41, 5.74) is 0.762. The number of aldehydes is 1. The minimum Gasteiger partial charge on any atom is -0.493 e. The maximum Gasteiger partial charge on any atom is 0.247 e. The summed E-state index contributed by atoms with van der Waals surface area (Å²) in [5, 5.41) is 23.6. The number of aliphatic hydroxyl groups excluding tert-OH is 2. The number of unbranched alkanes of at least 4 members (excludes halogenated alkanes) is 4. The number of carbonyl (C=O) groups excluding carboxylic acids is 3. The molecule has 0 aromatic heterocycles. The number of carbonyl (C=O) groups is 3. The molecule has 3 N–H and O–H groups in total. The Morgan fingerprint density at radius 1 is 1.24 bits per heavy atom. The molecule has 1 aliphatic heterocycles. The molecule has 1 aliphatic carbocycles. The number of hydrogen-bond acceptors (Lipinski definition) is 8. The summed E-state index contributed by atoms with van der Waals surface area (Å²) in [6, 6.07) is 2.45. The van der Waals surface area contributed by atoms with Crippen LogP contribution in [0.25, 0.3) is 0 Å². The van der Waals surface area contributed by atoms with Crippen LogP contribution in [0.2, 0.25) is 0 Å². The first-order valence-electron chi connectivity index (χ1n) is 14.5. The molecule has 2 amide bonds. The zero-order valence-corrected chi connectivity index (χ0v) is 26.1. The Kier molecular flexibility index (Phi) is 13.8. The Morgan fingerprint density at radius 3 is 2.68 bits per heavy atom. The predicted molar refractivity (Wildman–Crippen MR) is 162 cm³/mol. The largest absolute Gasteiger partial charge is 0.493 e. The van der Waals surface area contributed by atoms with Crippen LogP contribution in [0.4, 0.5) is 0 Å². The maximum atomic E-state index is 13.7. The van der Waals surface area contributed by atoms with Crippen LogP contribution in [0, 0.1) is 3.57 Å². The summed E-state index contributed by atoms with van der Waals surface area (Å²) < 4.78 is 18.2. The Bertz CT molecular complexity index is 1060. The van der Waals surface area contributed by atoms with E-state index in [2.05, 4.69) is 12.2 Å². The molecular weight excluding hydrogens is 643 g/mol. The van der Waals surface area contributed by atoms with Gasteiger partial charge < -0.3 is 34.6 Å². The van der Waals surface area contributed by atoms with Crippen LogP contribution < -0.4 is 14.8 Å². The van der Waals surface area contributed by atoms with Crippen molar-refractivity contribution in [1.82, 2.24) is 10.2 Å². The summed E-state index contributed by atoms with van der Waals surface area (Å²) in [5.74, 6) is 0.154. The van der Waals surface area contributed by atoms with Gasteiger partial charge in [0.2, 0.25) is 11.8 Å². The fourth-order valence-electron chi connectivity index (χ4n) is 5.29. The first-order chi connectivity index (χ1) is 19.8. The van der Waals surface area contributed by atoms with Gasteiger partial charge in [-0.2, -0.15) is 0 Å². The van der Waals surface area contributed by atoms with Gasteiger partial charge >= 0.3 is 0 Å². The topological polar surface area (TPSA) is 135 Å². The molecule has 2 aliphatic rings.